The number of aliphatic carboxylic acids is 2. The van der Waals surface area contributed by atoms with E-state index in [0.717, 1.165) is 0 Å². The van der Waals surface area contributed by atoms with Gasteiger partial charge >= 0.3 is 11.9 Å². The molecular formula is C17H28N6O9S. The molecule has 0 radical (unpaired) electrons. The van der Waals surface area contributed by atoms with Gasteiger partial charge in [-0.3, -0.25) is 28.8 Å². The largest absolute Gasteiger partial charge is 0.481 e. The minimum absolute atomic E-state index is 0.0358. The van der Waals surface area contributed by atoms with Crippen LogP contribution in [-0.4, -0.2) is 87.9 Å². The van der Waals surface area contributed by atoms with Gasteiger partial charge in [0.2, 0.25) is 29.5 Å². The van der Waals surface area contributed by atoms with Crippen molar-refractivity contribution in [3.8, 4) is 0 Å². The van der Waals surface area contributed by atoms with E-state index < -0.39 is 84.9 Å². The summed E-state index contributed by atoms with van der Waals surface area (Å²) in [5.41, 5.74) is 15.5. The molecule has 4 atom stereocenters. The van der Waals surface area contributed by atoms with E-state index in [0.29, 0.717) is 5.75 Å². The van der Waals surface area contributed by atoms with Crippen molar-refractivity contribution in [2.45, 2.75) is 49.9 Å². The predicted octanol–water partition coefficient (Wildman–Crippen LogP) is -4.17. The summed E-state index contributed by atoms with van der Waals surface area (Å²) in [6.07, 6.45) is -0.475. The molecule has 0 aromatic heterocycles. The van der Waals surface area contributed by atoms with Crippen molar-refractivity contribution in [3.63, 3.8) is 0 Å². The summed E-state index contributed by atoms with van der Waals surface area (Å²) in [6, 6.07) is -6.19. The van der Waals surface area contributed by atoms with Crippen molar-refractivity contribution in [3.05, 3.63) is 0 Å². The van der Waals surface area contributed by atoms with E-state index in [1.807, 2.05) is 0 Å². The third-order valence-corrected chi connectivity index (χ3v) is 4.68. The van der Waals surface area contributed by atoms with Gasteiger partial charge in [0, 0.05) is 0 Å². The molecule has 0 saturated carbocycles. The second-order valence-electron chi connectivity index (χ2n) is 6.85. The number of carboxylic acids is 2. The van der Waals surface area contributed by atoms with Crippen molar-refractivity contribution in [2.75, 3.05) is 12.0 Å². The van der Waals surface area contributed by atoms with Crippen molar-refractivity contribution in [1.82, 2.24) is 16.0 Å². The van der Waals surface area contributed by atoms with Gasteiger partial charge in [0.15, 0.2) is 0 Å². The van der Waals surface area contributed by atoms with Crippen LogP contribution in [0.4, 0.5) is 0 Å². The minimum Gasteiger partial charge on any atom is -0.481 e. The van der Waals surface area contributed by atoms with Crippen molar-refractivity contribution in [2.24, 2.45) is 17.2 Å². The molecule has 0 saturated heterocycles. The Hall–Kier alpha value is -3.40. The number of carbonyl (C=O) groups is 7. The molecule has 4 unspecified atom stereocenters. The highest BCUT2D eigenvalue weighted by molar-refractivity contribution is 7.98. The molecule has 0 heterocycles. The van der Waals surface area contributed by atoms with E-state index in [1.165, 1.54) is 11.8 Å². The van der Waals surface area contributed by atoms with Gasteiger partial charge < -0.3 is 43.4 Å². The van der Waals surface area contributed by atoms with Gasteiger partial charge in [-0.2, -0.15) is 11.8 Å². The molecule has 0 bridgehead atoms. The first-order valence-corrected chi connectivity index (χ1v) is 10.8. The number of primary amides is 2. The number of hydrogen-bond acceptors (Lipinski definition) is 9. The van der Waals surface area contributed by atoms with Crippen molar-refractivity contribution >= 4 is 53.2 Å². The van der Waals surface area contributed by atoms with Crippen LogP contribution in [-0.2, 0) is 33.6 Å². The third kappa shape index (κ3) is 12.3. The molecule has 0 fully saturated rings. The zero-order chi connectivity index (χ0) is 25.7. The molecule has 0 aliphatic carbocycles. The Morgan fingerprint density at radius 3 is 1.64 bits per heavy atom. The summed E-state index contributed by atoms with van der Waals surface area (Å²) in [7, 11) is 0. The maximum Gasteiger partial charge on any atom is 0.326 e. The second kappa shape index (κ2) is 14.6. The summed E-state index contributed by atoms with van der Waals surface area (Å²) in [6.45, 7) is 0. The lowest BCUT2D eigenvalue weighted by Crippen LogP contribution is -2.58. The molecule has 0 aliphatic heterocycles. The fraction of sp³-hybridized carbons (Fsp3) is 0.588. The summed E-state index contributed by atoms with van der Waals surface area (Å²) in [5.74, 6) is -7.70. The van der Waals surface area contributed by atoms with Gasteiger partial charge in [0.05, 0.1) is 25.3 Å². The highest BCUT2D eigenvalue weighted by atomic mass is 32.2. The van der Waals surface area contributed by atoms with Gasteiger partial charge in [0.1, 0.15) is 18.1 Å². The molecule has 11 N–H and O–H groups in total. The van der Waals surface area contributed by atoms with E-state index in [4.69, 9.17) is 22.3 Å². The van der Waals surface area contributed by atoms with E-state index in [-0.39, 0.29) is 6.42 Å². The molecule has 0 spiro atoms. The van der Waals surface area contributed by atoms with Gasteiger partial charge in [0.25, 0.3) is 0 Å². The zero-order valence-corrected chi connectivity index (χ0v) is 18.6. The molecule has 0 aromatic rings. The molecule has 16 heteroatoms. The Bertz CT molecular complexity index is 778. The Balaban J connectivity index is 5.52. The molecule has 15 nitrogen and oxygen atoms in total. The number of carboxylic acid groups (broad SMARTS) is 2. The number of thioether (sulfide) groups is 1. The molecule has 0 rings (SSSR count). The van der Waals surface area contributed by atoms with Gasteiger partial charge in [-0.05, 0) is 18.4 Å². The summed E-state index contributed by atoms with van der Waals surface area (Å²) in [4.78, 5) is 81.8. The van der Waals surface area contributed by atoms with Crippen LogP contribution >= 0.6 is 11.8 Å². The second-order valence-corrected chi connectivity index (χ2v) is 7.83. The van der Waals surface area contributed by atoms with E-state index in [2.05, 4.69) is 16.0 Å². The molecule has 0 aromatic carbocycles. The van der Waals surface area contributed by atoms with Crippen molar-refractivity contribution < 1.29 is 43.8 Å². The highest BCUT2D eigenvalue weighted by Gasteiger charge is 2.32. The van der Waals surface area contributed by atoms with Crippen LogP contribution < -0.4 is 33.2 Å². The number of nitrogens with one attached hydrogen (secondary N) is 3. The average Bonchev–Trinajstić information content (AvgIpc) is 2.68. The molecule has 0 aliphatic rings. The quantitative estimate of drug-likeness (QED) is 0.102. The Morgan fingerprint density at radius 1 is 0.758 bits per heavy atom. The van der Waals surface area contributed by atoms with Gasteiger partial charge in [-0.1, -0.05) is 0 Å². The fourth-order valence-corrected chi connectivity index (χ4v) is 2.89. The van der Waals surface area contributed by atoms with Crippen LogP contribution in [0, 0.1) is 0 Å². The number of amides is 5. The normalized spacial score (nSPS) is 14.1. The maximum absolute atomic E-state index is 12.6. The SMILES string of the molecule is CSCCC(NC(=O)C(CC(=O)O)NC(=O)C(CC(N)=O)NC(=O)C(N)CC(N)=O)C(=O)O. The lowest BCUT2D eigenvalue weighted by Gasteiger charge is -2.24. The van der Waals surface area contributed by atoms with Crippen LogP contribution in [0.3, 0.4) is 0 Å². The van der Waals surface area contributed by atoms with Crippen LogP contribution in [0.5, 0.6) is 0 Å². The average molecular weight is 493 g/mol. The van der Waals surface area contributed by atoms with E-state index in [1.54, 1.807) is 6.26 Å². The minimum atomic E-state index is -1.74. The first-order chi connectivity index (χ1) is 15.3. The molecule has 33 heavy (non-hydrogen) atoms. The fourth-order valence-electron chi connectivity index (χ4n) is 2.42. The van der Waals surface area contributed by atoms with Crippen LogP contribution in [0.25, 0.3) is 0 Å². The Morgan fingerprint density at radius 2 is 1.21 bits per heavy atom. The number of carbonyl (C=O) groups excluding carboxylic acids is 5. The van der Waals surface area contributed by atoms with E-state index >= 15 is 0 Å². The molecule has 5 amide bonds. The van der Waals surface area contributed by atoms with Crippen LogP contribution in [0.2, 0.25) is 0 Å². The molecule has 186 valence electrons. The lowest BCUT2D eigenvalue weighted by molar-refractivity contribution is -0.144. The number of hydrogen-bond donors (Lipinski definition) is 8. The van der Waals surface area contributed by atoms with Gasteiger partial charge in [-0.25, -0.2) is 4.79 Å². The zero-order valence-electron chi connectivity index (χ0n) is 17.7. The first kappa shape index (κ1) is 29.6. The van der Waals surface area contributed by atoms with Gasteiger partial charge in [-0.15, -0.1) is 0 Å². The summed E-state index contributed by atoms with van der Waals surface area (Å²) in [5, 5.41) is 24.6. The van der Waals surface area contributed by atoms with Crippen molar-refractivity contribution in [1.29, 1.82) is 0 Å². The van der Waals surface area contributed by atoms with E-state index in [9.17, 15) is 38.7 Å². The van der Waals surface area contributed by atoms with Crippen LogP contribution in [0.15, 0.2) is 0 Å². The Kier molecular flexibility index (Phi) is 13.1. The molecular weight excluding hydrogens is 464 g/mol. The Labute approximate surface area is 192 Å². The topological polar surface area (TPSA) is 274 Å². The first-order valence-electron chi connectivity index (χ1n) is 9.45. The highest BCUT2D eigenvalue weighted by Crippen LogP contribution is 2.04. The summed E-state index contributed by atoms with van der Waals surface area (Å²) < 4.78 is 0. The summed E-state index contributed by atoms with van der Waals surface area (Å²) >= 11 is 1.32. The monoisotopic (exact) mass is 492 g/mol. The predicted molar refractivity (Wildman–Crippen MR) is 114 cm³/mol. The van der Waals surface area contributed by atoms with Crippen LogP contribution in [0.1, 0.15) is 25.7 Å². The maximum atomic E-state index is 12.6. The smallest absolute Gasteiger partial charge is 0.326 e. The standard InChI is InChI=1S/C17H28N6O9S/c1-33-3-2-8(17(31)32)21-16(30)10(6-13(26)27)23-15(29)9(5-12(20)25)22-14(28)7(18)4-11(19)24/h7-10H,2-6,18H2,1H3,(H2,19,24)(H2,20,25)(H,21,30)(H,22,28)(H,23,29)(H,26,27)(H,31,32). The number of rotatable bonds is 16. The number of nitrogens with two attached hydrogens (primary N) is 3. The lowest BCUT2D eigenvalue weighted by atomic mass is 10.1. The third-order valence-electron chi connectivity index (χ3n) is 4.03.